The van der Waals surface area contributed by atoms with Crippen LogP contribution in [-0.2, 0) is 11.3 Å². The molecule has 0 unspecified atom stereocenters. The smallest absolute Gasteiger partial charge is 0.354 e. The molecule has 0 saturated carbocycles. The summed E-state index contributed by atoms with van der Waals surface area (Å²) in [5.41, 5.74) is 1.50. The first kappa shape index (κ1) is 17.6. The average molecular weight is 382 g/mol. The minimum absolute atomic E-state index is 0.215. The third kappa shape index (κ3) is 3.43. The predicted molar refractivity (Wildman–Crippen MR) is 95.1 cm³/mol. The number of aromatic nitrogens is 1. The molecule has 1 aromatic heterocycles. The quantitative estimate of drug-likeness (QED) is 0.645. The maximum absolute atomic E-state index is 13.8. The van der Waals surface area contributed by atoms with Gasteiger partial charge in [0, 0.05) is 18.0 Å². The Morgan fingerprint density at radius 2 is 1.96 bits per heavy atom. The number of carbonyl (C=O) groups excluding carboxylic acids is 1. The molecule has 130 valence electrons. The van der Waals surface area contributed by atoms with Gasteiger partial charge in [0.25, 0.3) is 0 Å². The molecular formula is C18H14Cl2FNO3. The van der Waals surface area contributed by atoms with Crippen molar-refractivity contribution in [1.29, 1.82) is 0 Å². The molecule has 3 aromatic rings. The molecule has 4 nitrogen and oxygen atoms in total. The molecule has 1 heterocycles. The topological polar surface area (TPSA) is 51.5 Å². The molecule has 0 spiro atoms. The molecule has 0 aliphatic carbocycles. The van der Waals surface area contributed by atoms with Crippen LogP contribution in [0.5, 0.6) is 5.75 Å². The van der Waals surface area contributed by atoms with Crippen LogP contribution in [0.4, 0.5) is 4.39 Å². The van der Waals surface area contributed by atoms with E-state index in [0.717, 1.165) is 5.56 Å². The van der Waals surface area contributed by atoms with Crippen LogP contribution < -0.4 is 0 Å². The van der Waals surface area contributed by atoms with E-state index < -0.39 is 17.5 Å². The number of aromatic hydroxyl groups is 1. The normalized spacial score (nSPS) is 11.0. The van der Waals surface area contributed by atoms with Crippen molar-refractivity contribution in [2.75, 3.05) is 6.61 Å². The second-order valence-electron chi connectivity index (χ2n) is 5.45. The molecule has 2 aromatic carbocycles. The fraction of sp³-hybridized carbons (Fsp3) is 0.167. The predicted octanol–water partition coefficient (Wildman–Crippen LogP) is 5.02. The van der Waals surface area contributed by atoms with Gasteiger partial charge >= 0.3 is 5.97 Å². The van der Waals surface area contributed by atoms with E-state index in [9.17, 15) is 14.3 Å². The Bertz CT molecular complexity index is 969. The summed E-state index contributed by atoms with van der Waals surface area (Å²) >= 11 is 12.0. The third-order valence-corrected chi connectivity index (χ3v) is 4.52. The summed E-state index contributed by atoms with van der Waals surface area (Å²) in [6.45, 7) is 2.18. The van der Waals surface area contributed by atoms with Crippen molar-refractivity contribution in [2.24, 2.45) is 0 Å². The number of phenols is 1. The third-order valence-electron chi connectivity index (χ3n) is 3.78. The van der Waals surface area contributed by atoms with Crippen molar-refractivity contribution < 1.29 is 19.0 Å². The second-order valence-corrected chi connectivity index (χ2v) is 6.26. The highest BCUT2D eigenvalue weighted by Crippen LogP contribution is 2.29. The van der Waals surface area contributed by atoms with E-state index in [1.165, 1.54) is 12.1 Å². The van der Waals surface area contributed by atoms with E-state index in [-0.39, 0.29) is 18.8 Å². The summed E-state index contributed by atoms with van der Waals surface area (Å²) in [6.07, 6.45) is 0. The van der Waals surface area contributed by atoms with Gasteiger partial charge in [-0.15, -0.1) is 0 Å². The lowest BCUT2D eigenvalue weighted by Gasteiger charge is -2.11. The van der Waals surface area contributed by atoms with Gasteiger partial charge in [-0.25, -0.2) is 9.18 Å². The molecule has 0 aliphatic heterocycles. The lowest BCUT2D eigenvalue weighted by atomic mass is 10.2. The lowest BCUT2D eigenvalue weighted by Crippen LogP contribution is -2.13. The van der Waals surface area contributed by atoms with Gasteiger partial charge in [0.2, 0.25) is 0 Å². The lowest BCUT2D eigenvalue weighted by molar-refractivity contribution is 0.0515. The zero-order valence-electron chi connectivity index (χ0n) is 13.2. The summed E-state index contributed by atoms with van der Waals surface area (Å²) in [5, 5.41) is 10.9. The van der Waals surface area contributed by atoms with Gasteiger partial charge in [-0.3, -0.25) is 0 Å². The molecule has 25 heavy (non-hydrogen) atoms. The van der Waals surface area contributed by atoms with Crippen LogP contribution in [-0.4, -0.2) is 22.2 Å². The SMILES string of the molecule is CCOC(=O)c1cc2cc(O)c(F)cc2n1Cc1ccc(Cl)c(Cl)c1. The second kappa shape index (κ2) is 6.94. The summed E-state index contributed by atoms with van der Waals surface area (Å²) < 4.78 is 20.5. The average Bonchev–Trinajstić information content (AvgIpc) is 2.89. The first-order valence-corrected chi connectivity index (χ1v) is 8.29. The van der Waals surface area contributed by atoms with Gasteiger partial charge in [-0.1, -0.05) is 29.3 Å². The van der Waals surface area contributed by atoms with Crippen molar-refractivity contribution in [3.63, 3.8) is 0 Å². The van der Waals surface area contributed by atoms with Crippen molar-refractivity contribution in [1.82, 2.24) is 4.57 Å². The van der Waals surface area contributed by atoms with Crippen molar-refractivity contribution in [3.05, 3.63) is 63.5 Å². The van der Waals surface area contributed by atoms with Crippen LogP contribution >= 0.6 is 23.2 Å². The Balaban J connectivity index is 2.15. The molecule has 0 amide bonds. The fourth-order valence-corrected chi connectivity index (χ4v) is 2.96. The molecule has 0 aliphatic rings. The van der Waals surface area contributed by atoms with Crippen LogP contribution in [0, 0.1) is 5.82 Å². The molecule has 0 bridgehead atoms. The van der Waals surface area contributed by atoms with Crippen molar-refractivity contribution >= 4 is 40.1 Å². The molecular weight excluding hydrogens is 368 g/mol. The van der Waals surface area contributed by atoms with Crippen molar-refractivity contribution in [3.8, 4) is 5.75 Å². The Morgan fingerprint density at radius 3 is 2.64 bits per heavy atom. The highest BCUT2D eigenvalue weighted by atomic mass is 35.5. The van der Waals surface area contributed by atoms with Crippen LogP contribution in [0.1, 0.15) is 23.0 Å². The monoisotopic (exact) mass is 381 g/mol. The standard InChI is InChI=1S/C18H14Cl2FNO3/c1-2-25-18(24)16-6-11-7-17(23)14(21)8-15(11)22(16)9-10-3-4-12(19)13(20)5-10/h3-8,23H,2,9H2,1H3. The van der Waals surface area contributed by atoms with Gasteiger partial charge in [-0.05, 0) is 36.8 Å². The van der Waals surface area contributed by atoms with E-state index in [1.54, 1.807) is 35.8 Å². The number of rotatable bonds is 4. The number of nitrogens with zero attached hydrogens (tertiary/aromatic N) is 1. The number of carbonyl (C=O) groups is 1. The number of fused-ring (bicyclic) bond motifs is 1. The highest BCUT2D eigenvalue weighted by molar-refractivity contribution is 6.42. The first-order valence-electron chi connectivity index (χ1n) is 7.53. The zero-order chi connectivity index (χ0) is 18.1. The zero-order valence-corrected chi connectivity index (χ0v) is 14.7. The van der Waals surface area contributed by atoms with E-state index >= 15 is 0 Å². The maximum atomic E-state index is 13.8. The molecule has 7 heteroatoms. The summed E-state index contributed by atoms with van der Waals surface area (Å²) in [5.74, 6) is -1.77. The van der Waals surface area contributed by atoms with Crippen molar-refractivity contribution in [2.45, 2.75) is 13.5 Å². The number of esters is 1. The van der Waals surface area contributed by atoms with Gasteiger partial charge in [0.05, 0.1) is 22.2 Å². The van der Waals surface area contributed by atoms with Gasteiger partial charge in [0.15, 0.2) is 11.6 Å². The molecule has 1 N–H and O–H groups in total. The van der Waals surface area contributed by atoms with Crippen LogP contribution in [0.3, 0.4) is 0 Å². The Morgan fingerprint density at radius 1 is 1.20 bits per heavy atom. The largest absolute Gasteiger partial charge is 0.505 e. The van der Waals surface area contributed by atoms with Gasteiger partial charge < -0.3 is 14.4 Å². The fourth-order valence-electron chi connectivity index (χ4n) is 2.64. The Kier molecular flexibility index (Phi) is 4.88. The maximum Gasteiger partial charge on any atom is 0.354 e. The van der Waals surface area contributed by atoms with E-state index in [4.69, 9.17) is 27.9 Å². The minimum atomic E-state index is -0.767. The molecule has 0 atom stereocenters. The number of hydrogen-bond donors (Lipinski definition) is 1. The minimum Gasteiger partial charge on any atom is -0.505 e. The number of phenolic OH excluding ortho intramolecular Hbond substituents is 1. The summed E-state index contributed by atoms with van der Waals surface area (Å²) in [7, 11) is 0. The van der Waals surface area contributed by atoms with Crippen LogP contribution in [0.25, 0.3) is 10.9 Å². The molecule has 0 fully saturated rings. The summed E-state index contributed by atoms with van der Waals surface area (Å²) in [6, 6.07) is 9.13. The Hall–Kier alpha value is -2.24. The van der Waals surface area contributed by atoms with Crippen LogP contribution in [0.2, 0.25) is 10.0 Å². The highest BCUT2D eigenvalue weighted by Gasteiger charge is 2.19. The van der Waals surface area contributed by atoms with Crippen LogP contribution in [0.15, 0.2) is 36.4 Å². The summed E-state index contributed by atoms with van der Waals surface area (Å²) in [4.78, 5) is 12.3. The van der Waals surface area contributed by atoms with E-state index in [2.05, 4.69) is 0 Å². The number of halogens is 3. The number of benzene rings is 2. The van der Waals surface area contributed by atoms with E-state index in [1.807, 2.05) is 0 Å². The van der Waals surface area contributed by atoms with Gasteiger partial charge in [0.1, 0.15) is 5.69 Å². The van der Waals surface area contributed by atoms with E-state index in [0.29, 0.717) is 20.9 Å². The number of hydrogen-bond acceptors (Lipinski definition) is 3. The Labute approximate surface area is 153 Å². The first-order chi connectivity index (χ1) is 11.9. The molecule has 3 rings (SSSR count). The molecule has 0 radical (unpaired) electrons. The van der Waals surface area contributed by atoms with Gasteiger partial charge in [-0.2, -0.15) is 0 Å². The number of ether oxygens (including phenoxy) is 1. The molecule has 0 saturated heterocycles.